The number of carbonyl (C=O) groups excluding carboxylic acids is 1. The van der Waals surface area contributed by atoms with Crippen LogP contribution < -0.4 is 0 Å². The number of benzene rings is 1. The van der Waals surface area contributed by atoms with E-state index in [-0.39, 0.29) is 18.7 Å². The molecule has 114 valence electrons. The van der Waals surface area contributed by atoms with Gasteiger partial charge in [-0.2, -0.15) is 0 Å². The highest BCUT2D eigenvalue weighted by Gasteiger charge is 2.41. The minimum Gasteiger partial charge on any atom is -0.445 e. The SMILES string of the molecule is C[C@H]1CN(C(=O)OCc2ccccc2)CC(O)N1C1CC1. The fourth-order valence-corrected chi connectivity index (χ4v) is 3.01. The van der Waals surface area contributed by atoms with Crippen molar-refractivity contribution in [2.24, 2.45) is 0 Å². The van der Waals surface area contributed by atoms with Gasteiger partial charge in [0.15, 0.2) is 0 Å². The number of amides is 1. The van der Waals surface area contributed by atoms with Crippen molar-refractivity contribution in [2.75, 3.05) is 13.1 Å². The predicted octanol–water partition coefficient (Wildman–Crippen LogP) is 1.81. The van der Waals surface area contributed by atoms with Crippen LogP contribution in [0, 0.1) is 0 Å². The summed E-state index contributed by atoms with van der Waals surface area (Å²) in [7, 11) is 0. The first-order valence-corrected chi connectivity index (χ1v) is 7.56. The molecule has 1 saturated heterocycles. The maximum absolute atomic E-state index is 12.1. The van der Waals surface area contributed by atoms with Crippen molar-refractivity contribution >= 4 is 6.09 Å². The highest BCUT2D eigenvalue weighted by molar-refractivity contribution is 5.67. The molecule has 0 spiro atoms. The number of nitrogens with zero attached hydrogens (tertiary/aromatic N) is 2. The molecule has 2 aliphatic rings. The van der Waals surface area contributed by atoms with Crippen molar-refractivity contribution in [3.8, 4) is 0 Å². The van der Waals surface area contributed by atoms with Crippen LogP contribution in [0.25, 0.3) is 0 Å². The second-order valence-corrected chi connectivity index (χ2v) is 5.95. The molecule has 3 rings (SSSR count). The minimum atomic E-state index is -0.578. The van der Waals surface area contributed by atoms with E-state index in [9.17, 15) is 9.90 Å². The average Bonchev–Trinajstić information content (AvgIpc) is 3.30. The summed E-state index contributed by atoms with van der Waals surface area (Å²) in [6.07, 6.45) is 1.38. The lowest BCUT2D eigenvalue weighted by Gasteiger charge is -2.43. The molecular formula is C16H22N2O3. The Morgan fingerprint density at radius 1 is 1.29 bits per heavy atom. The zero-order valence-corrected chi connectivity index (χ0v) is 12.3. The number of ether oxygens (including phenoxy) is 1. The molecule has 1 aromatic carbocycles. The van der Waals surface area contributed by atoms with E-state index in [1.165, 1.54) is 0 Å². The molecule has 0 radical (unpaired) electrons. The number of piperazine rings is 1. The van der Waals surface area contributed by atoms with E-state index in [1.54, 1.807) is 4.90 Å². The van der Waals surface area contributed by atoms with Crippen molar-refractivity contribution in [3.63, 3.8) is 0 Å². The summed E-state index contributed by atoms with van der Waals surface area (Å²) in [4.78, 5) is 15.9. The van der Waals surface area contributed by atoms with Crippen LogP contribution in [-0.4, -0.2) is 52.4 Å². The Hall–Kier alpha value is -1.59. The van der Waals surface area contributed by atoms with Crippen LogP contribution in [0.5, 0.6) is 0 Å². The molecule has 1 saturated carbocycles. The van der Waals surface area contributed by atoms with Gasteiger partial charge in [0.25, 0.3) is 0 Å². The third-order valence-electron chi connectivity index (χ3n) is 4.15. The number of hydrogen-bond donors (Lipinski definition) is 1. The molecular weight excluding hydrogens is 268 g/mol. The quantitative estimate of drug-likeness (QED) is 0.922. The normalized spacial score (nSPS) is 26.7. The minimum absolute atomic E-state index is 0.172. The smallest absolute Gasteiger partial charge is 0.410 e. The number of rotatable bonds is 3. The zero-order chi connectivity index (χ0) is 14.8. The van der Waals surface area contributed by atoms with Gasteiger partial charge in [0, 0.05) is 18.6 Å². The first kappa shape index (κ1) is 14.4. The molecule has 21 heavy (non-hydrogen) atoms. The third-order valence-corrected chi connectivity index (χ3v) is 4.15. The molecule has 1 aliphatic carbocycles. The summed E-state index contributed by atoms with van der Waals surface area (Å²) >= 11 is 0. The molecule has 2 atom stereocenters. The van der Waals surface area contributed by atoms with E-state index in [0.29, 0.717) is 19.1 Å². The van der Waals surface area contributed by atoms with Crippen LogP contribution in [0.15, 0.2) is 30.3 Å². The topological polar surface area (TPSA) is 53.0 Å². The molecule has 1 unspecified atom stereocenters. The first-order chi connectivity index (χ1) is 10.1. The second kappa shape index (κ2) is 6.03. The fourth-order valence-electron chi connectivity index (χ4n) is 3.01. The number of carbonyl (C=O) groups is 1. The summed E-state index contributed by atoms with van der Waals surface area (Å²) in [5.74, 6) is 0. The molecule has 5 nitrogen and oxygen atoms in total. The predicted molar refractivity (Wildman–Crippen MR) is 78.5 cm³/mol. The summed E-state index contributed by atoms with van der Waals surface area (Å²) < 4.78 is 5.33. The summed E-state index contributed by atoms with van der Waals surface area (Å²) in [5.41, 5.74) is 0.969. The van der Waals surface area contributed by atoms with Gasteiger partial charge < -0.3 is 14.7 Å². The fraction of sp³-hybridized carbons (Fsp3) is 0.562. The van der Waals surface area contributed by atoms with E-state index in [2.05, 4.69) is 11.8 Å². The van der Waals surface area contributed by atoms with E-state index in [1.807, 2.05) is 30.3 Å². The molecule has 1 aromatic rings. The molecule has 5 heteroatoms. The Kier molecular flexibility index (Phi) is 4.12. The number of β-amino-alcohol motifs (C(OH)–C–C–N with tert-alkyl or cyclic N) is 1. The van der Waals surface area contributed by atoms with Crippen molar-refractivity contribution < 1.29 is 14.6 Å². The van der Waals surface area contributed by atoms with E-state index in [4.69, 9.17) is 4.74 Å². The third kappa shape index (κ3) is 3.36. The number of aliphatic hydroxyl groups excluding tert-OH is 1. The van der Waals surface area contributed by atoms with Crippen LogP contribution >= 0.6 is 0 Å². The molecule has 2 fully saturated rings. The Morgan fingerprint density at radius 3 is 2.62 bits per heavy atom. The average molecular weight is 290 g/mol. The molecule has 1 amide bonds. The highest BCUT2D eigenvalue weighted by atomic mass is 16.6. The van der Waals surface area contributed by atoms with Crippen molar-refractivity contribution in [1.82, 2.24) is 9.80 Å². The molecule has 1 heterocycles. The van der Waals surface area contributed by atoms with Gasteiger partial charge in [-0.1, -0.05) is 30.3 Å². The van der Waals surface area contributed by atoms with E-state index < -0.39 is 6.23 Å². The maximum Gasteiger partial charge on any atom is 0.410 e. The van der Waals surface area contributed by atoms with Crippen LogP contribution in [0.2, 0.25) is 0 Å². The van der Waals surface area contributed by atoms with E-state index in [0.717, 1.165) is 18.4 Å². The molecule has 1 aliphatic heterocycles. The lowest BCUT2D eigenvalue weighted by atomic mass is 10.1. The molecule has 1 N–H and O–H groups in total. The van der Waals surface area contributed by atoms with Gasteiger partial charge in [-0.3, -0.25) is 4.90 Å². The monoisotopic (exact) mass is 290 g/mol. The highest BCUT2D eigenvalue weighted by Crippen LogP contribution is 2.32. The van der Waals surface area contributed by atoms with Crippen LogP contribution in [-0.2, 0) is 11.3 Å². The Balaban J connectivity index is 1.53. The zero-order valence-electron chi connectivity index (χ0n) is 12.3. The van der Waals surface area contributed by atoms with Gasteiger partial charge in [0.2, 0.25) is 0 Å². The summed E-state index contributed by atoms with van der Waals surface area (Å²) in [6.45, 7) is 3.26. The van der Waals surface area contributed by atoms with E-state index >= 15 is 0 Å². The maximum atomic E-state index is 12.1. The lowest BCUT2D eigenvalue weighted by Crippen LogP contribution is -2.59. The van der Waals surface area contributed by atoms with Crippen LogP contribution in [0.4, 0.5) is 4.79 Å². The van der Waals surface area contributed by atoms with Crippen molar-refractivity contribution in [2.45, 2.75) is 44.7 Å². The van der Waals surface area contributed by atoms with Crippen molar-refractivity contribution in [1.29, 1.82) is 0 Å². The van der Waals surface area contributed by atoms with Crippen LogP contribution in [0.1, 0.15) is 25.3 Å². The van der Waals surface area contributed by atoms with Gasteiger partial charge in [-0.05, 0) is 25.3 Å². The van der Waals surface area contributed by atoms with Gasteiger partial charge >= 0.3 is 6.09 Å². The largest absolute Gasteiger partial charge is 0.445 e. The Morgan fingerprint density at radius 2 is 2.00 bits per heavy atom. The number of hydrogen-bond acceptors (Lipinski definition) is 4. The lowest BCUT2D eigenvalue weighted by molar-refractivity contribution is -0.0835. The standard InChI is InChI=1S/C16H22N2O3/c1-12-9-17(10-15(19)18(12)14-7-8-14)16(20)21-11-13-5-3-2-4-6-13/h2-6,12,14-15,19H,7-11H2,1H3/t12-,15?/m0/s1. The van der Waals surface area contributed by atoms with Gasteiger partial charge in [0.1, 0.15) is 12.8 Å². The second-order valence-electron chi connectivity index (χ2n) is 5.95. The Bertz CT molecular complexity index is 478. The molecule has 0 aromatic heterocycles. The molecule has 0 bridgehead atoms. The Labute approximate surface area is 125 Å². The van der Waals surface area contributed by atoms with Gasteiger partial charge in [0.05, 0.1) is 6.54 Å². The first-order valence-electron chi connectivity index (χ1n) is 7.56. The number of aliphatic hydroxyl groups is 1. The van der Waals surface area contributed by atoms with Crippen LogP contribution in [0.3, 0.4) is 0 Å². The van der Waals surface area contributed by atoms with Gasteiger partial charge in [-0.25, -0.2) is 4.79 Å². The van der Waals surface area contributed by atoms with Crippen molar-refractivity contribution in [3.05, 3.63) is 35.9 Å². The summed E-state index contributed by atoms with van der Waals surface area (Å²) in [6, 6.07) is 10.3. The summed E-state index contributed by atoms with van der Waals surface area (Å²) in [5, 5.41) is 10.2. The van der Waals surface area contributed by atoms with Gasteiger partial charge in [-0.15, -0.1) is 0 Å².